The summed E-state index contributed by atoms with van der Waals surface area (Å²) in [5.74, 6) is -0.544. The molecular formula is C26H35FN2O4S. The van der Waals surface area contributed by atoms with Crippen molar-refractivity contribution in [2.75, 3.05) is 39.3 Å². The van der Waals surface area contributed by atoms with Gasteiger partial charge in [-0.3, -0.25) is 24.2 Å². The lowest BCUT2D eigenvalue weighted by Gasteiger charge is -2.38. The van der Waals surface area contributed by atoms with E-state index in [-0.39, 0.29) is 40.4 Å². The molecule has 1 saturated carbocycles. The van der Waals surface area contributed by atoms with Gasteiger partial charge in [-0.2, -0.15) is 0 Å². The Kier molecular flexibility index (Phi) is 9.85. The van der Waals surface area contributed by atoms with Gasteiger partial charge in [0, 0.05) is 43.3 Å². The minimum atomic E-state index is -0.623. The maximum absolute atomic E-state index is 14.8. The molecule has 0 aromatic heterocycles. The third-order valence-corrected chi connectivity index (χ3v) is 7.47. The fourth-order valence-corrected chi connectivity index (χ4v) is 5.34. The summed E-state index contributed by atoms with van der Waals surface area (Å²) in [4.78, 5) is 41.1. The van der Waals surface area contributed by atoms with Crippen LogP contribution in [0, 0.1) is 11.7 Å². The number of likely N-dealkylation sites (N-methyl/N-ethyl adjacent to an activating group) is 1. The predicted octanol–water partition coefficient (Wildman–Crippen LogP) is 4.01. The summed E-state index contributed by atoms with van der Waals surface area (Å²) >= 11 is 1.30. The molecule has 6 nitrogen and oxygen atoms in total. The van der Waals surface area contributed by atoms with E-state index in [2.05, 4.69) is 11.0 Å². The van der Waals surface area contributed by atoms with Crippen LogP contribution in [0.15, 0.2) is 35.9 Å². The molecular weight excluding hydrogens is 455 g/mol. The average Bonchev–Trinajstić information content (AvgIpc) is 3.64. The highest BCUT2D eigenvalue weighted by Crippen LogP contribution is 2.40. The number of hydrogen-bond acceptors (Lipinski definition) is 7. The third kappa shape index (κ3) is 7.23. The molecule has 1 saturated heterocycles. The first-order valence-electron chi connectivity index (χ1n) is 12.1. The first-order chi connectivity index (χ1) is 16.3. The van der Waals surface area contributed by atoms with Crippen LogP contribution in [0.4, 0.5) is 4.39 Å². The summed E-state index contributed by atoms with van der Waals surface area (Å²) < 4.78 is 19.8. The van der Waals surface area contributed by atoms with Crippen LogP contribution in [-0.4, -0.2) is 71.2 Å². The molecule has 0 amide bonds. The zero-order valence-corrected chi connectivity index (χ0v) is 21.1. The molecule has 0 N–H and O–H groups in total. The number of nitrogens with zero attached hydrogens (tertiary/aromatic N) is 2. The molecule has 0 bridgehead atoms. The van der Waals surface area contributed by atoms with Crippen molar-refractivity contribution in [3.63, 3.8) is 0 Å². The monoisotopic (exact) mass is 490 g/mol. The Morgan fingerprint density at radius 3 is 2.59 bits per heavy atom. The third-order valence-electron chi connectivity index (χ3n) is 6.32. The van der Waals surface area contributed by atoms with E-state index in [0.717, 1.165) is 18.4 Å². The van der Waals surface area contributed by atoms with Crippen molar-refractivity contribution < 1.29 is 23.5 Å². The van der Waals surface area contributed by atoms with Gasteiger partial charge in [0.25, 0.3) is 0 Å². The number of rotatable bonds is 11. The number of ketones is 1. The molecule has 2 fully saturated rings. The van der Waals surface area contributed by atoms with E-state index in [0.29, 0.717) is 44.8 Å². The molecule has 1 aliphatic carbocycles. The van der Waals surface area contributed by atoms with E-state index in [1.165, 1.54) is 17.8 Å². The van der Waals surface area contributed by atoms with Crippen molar-refractivity contribution in [3.8, 4) is 0 Å². The molecule has 2 unspecified atom stereocenters. The van der Waals surface area contributed by atoms with Gasteiger partial charge in [0.15, 0.2) is 10.9 Å². The van der Waals surface area contributed by atoms with E-state index in [1.54, 1.807) is 32.0 Å². The van der Waals surface area contributed by atoms with E-state index in [4.69, 9.17) is 4.74 Å². The molecule has 3 rings (SSSR count). The smallest absolute Gasteiger partial charge is 0.320 e. The van der Waals surface area contributed by atoms with Crippen molar-refractivity contribution in [2.24, 2.45) is 5.92 Å². The molecule has 186 valence electrons. The van der Waals surface area contributed by atoms with Crippen LogP contribution in [0.25, 0.3) is 0 Å². The Bertz CT molecular complexity index is 918. The number of carbonyl (C=O) groups excluding carboxylic acids is 3. The highest BCUT2D eigenvalue weighted by atomic mass is 32.2. The summed E-state index contributed by atoms with van der Waals surface area (Å²) in [6.07, 6.45) is 4.49. The lowest BCUT2D eigenvalue weighted by molar-refractivity contribution is -0.144. The van der Waals surface area contributed by atoms with E-state index in [9.17, 15) is 18.8 Å². The van der Waals surface area contributed by atoms with Crippen LogP contribution < -0.4 is 0 Å². The van der Waals surface area contributed by atoms with E-state index in [1.807, 2.05) is 11.8 Å². The van der Waals surface area contributed by atoms with Crippen LogP contribution >= 0.6 is 11.8 Å². The summed E-state index contributed by atoms with van der Waals surface area (Å²) in [6, 6.07) is 5.91. The highest BCUT2D eigenvalue weighted by molar-refractivity contribution is 8.14. The quantitative estimate of drug-likeness (QED) is 0.343. The first-order valence-corrected chi connectivity index (χ1v) is 13.0. The average molecular weight is 491 g/mol. The molecule has 2 atom stereocenters. The summed E-state index contributed by atoms with van der Waals surface area (Å²) in [7, 11) is 0. The molecule has 1 aromatic carbocycles. The lowest BCUT2D eigenvalue weighted by Crippen LogP contribution is -2.43. The van der Waals surface area contributed by atoms with Crippen molar-refractivity contribution in [1.82, 2.24) is 9.80 Å². The Morgan fingerprint density at radius 1 is 1.24 bits per heavy atom. The van der Waals surface area contributed by atoms with E-state index < -0.39 is 6.04 Å². The van der Waals surface area contributed by atoms with Crippen molar-refractivity contribution in [3.05, 3.63) is 47.3 Å². The fraction of sp³-hybridized carbons (Fsp3) is 0.577. The van der Waals surface area contributed by atoms with Crippen LogP contribution in [0.5, 0.6) is 0 Å². The number of likely N-dealkylation sites (tertiary alicyclic amines) is 1. The molecule has 8 heteroatoms. The van der Waals surface area contributed by atoms with Gasteiger partial charge in [-0.05, 0) is 44.4 Å². The Morgan fingerprint density at radius 2 is 1.97 bits per heavy atom. The van der Waals surface area contributed by atoms with Crippen LogP contribution in [-0.2, 0) is 19.1 Å². The number of benzene rings is 1. The molecule has 0 radical (unpaired) electrons. The van der Waals surface area contributed by atoms with Gasteiger partial charge in [0.2, 0.25) is 0 Å². The number of Topliss-reactive ketones (excluding diaryl/α,β-unsaturated/α-hetero) is 1. The molecule has 34 heavy (non-hydrogen) atoms. The molecule has 1 aromatic rings. The largest absolute Gasteiger partial charge is 0.465 e. The SMILES string of the molecule is CCOC(=O)CN(CC)CC=C1CN(C(C(=O)C2CC2)c2ccccc2F)CCC1SC(C)=O. The second-order valence-electron chi connectivity index (χ2n) is 8.87. The second-order valence-corrected chi connectivity index (χ2v) is 10.2. The number of ether oxygens (including phenoxy) is 1. The maximum Gasteiger partial charge on any atom is 0.320 e. The number of halogens is 1. The zero-order valence-electron chi connectivity index (χ0n) is 20.3. The number of piperidine rings is 1. The molecule has 0 spiro atoms. The van der Waals surface area contributed by atoms with Crippen LogP contribution in [0.2, 0.25) is 0 Å². The number of thioether (sulfide) groups is 1. The number of esters is 1. The lowest BCUT2D eigenvalue weighted by atomic mass is 9.93. The standard InChI is InChI=1S/C26H35FN2O4S/c1-4-28(17-24(31)33-5-2)14-12-20-16-29(15-13-23(20)34-18(3)30)25(26(32)19-10-11-19)21-8-6-7-9-22(21)27/h6-9,12,19,23,25H,4-5,10-11,13-17H2,1-3H3. The van der Waals surface area contributed by atoms with Gasteiger partial charge in [-0.1, -0.05) is 43.0 Å². The summed E-state index contributed by atoms with van der Waals surface area (Å²) in [5.41, 5.74) is 1.47. The van der Waals surface area contributed by atoms with E-state index >= 15 is 0 Å². The van der Waals surface area contributed by atoms with Gasteiger partial charge < -0.3 is 4.74 Å². The molecule has 2 aliphatic rings. The Hall–Kier alpha value is -2.03. The normalized spacial score (nSPS) is 21.0. The Balaban J connectivity index is 1.83. The minimum absolute atomic E-state index is 0.00140. The van der Waals surface area contributed by atoms with Gasteiger partial charge in [0.1, 0.15) is 5.82 Å². The van der Waals surface area contributed by atoms with Gasteiger partial charge >= 0.3 is 5.97 Å². The summed E-state index contributed by atoms with van der Waals surface area (Å²) in [6.45, 7) is 8.17. The van der Waals surface area contributed by atoms with Crippen LogP contribution in [0.1, 0.15) is 51.6 Å². The minimum Gasteiger partial charge on any atom is -0.465 e. The second kappa shape index (κ2) is 12.6. The number of hydrogen-bond donors (Lipinski definition) is 0. The number of carbonyl (C=O) groups is 3. The highest BCUT2D eigenvalue weighted by Gasteiger charge is 2.41. The van der Waals surface area contributed by atoms with Crippen molar-refractivity contribution in [1.29, 1.82) is 0 Å². The predicted molar refractivity (Wildman–Crippen MR) is 132 cm³/mol. The van der Waals surface area contributed by atoms with Gasteiger partial charge in [-0.15, -0.1) is 0 Å². The summed E-state index contributed by atoms with van der Waals surface area (Å²) in [5, 5.41) is 0.0512. The molecule has 1 heterocycles. The fourth-order valence-electron chi connectivity index (χ4n) is 4.39. The molecule has 1 aliphatic heterocycles. The topological polar surface area (TPSA) is 66.9 Å². The zero-order chi connectivity index (χ0) is 24.7. The van der Waals surface area contributed by atoms with Gasteiger partial charge in [-0.25, -0.2) is 4.39 Å². The maximum atomic E-state index is 14.8. The van der Waals surface area contributed by atoms with Crippen molar-refractivity contribution in [2.45, 2.75) is 51.3 Å². The van der Waals surface area contributed by atoms with Crippen molar-refractivity contribution >= 4 is 28.6 Å². The van der Waals surface area contributed by atoms with Gasteiger partial charge in [0.05, 0.1) is 19.2 Å². The first kappa shape index (κ1) is 26.6. The Labute approximate surface area is 205 Å². The van der Waals surface area contributed by atoms with Crippen LogP contribution in [0.3, 0.4) is 0 Å².